The first kappa shape index (κ1) is 21.6. The number of hydrogen-bond acceptors (Lipinski definition) is 5. The van der Waals surface area contributed by atoms with E-state index in [1.807, 2.05) is 6.92 Å². The fourth-order valence-corrected chi connectivity index (χ4v) is 4.45. The highest BCUT2D eigenvalue weighted by Crippen LogP contribution is 2.44. The summed E-state index contributed by atoms with van der Waals surface area (Å²) in [4.78, 5) is 27.0. The van der Waals surface area contributed by atoms with E-state index in [-0.39, 0.29) is 23.0 Å². The third-order valence-corrected chi connectivity index (χ3v) is 5.99. The Morgan fingerprint density at radius 1 is 1.03 bits per heavy atom. The maximum atomic E-state index is 14.7. The number of aliphatic hydroxyl groups excluding tert-OH is 1. The van der Waals surface area contributed by atoms with Crippen LogP contribution in [0.3, 0.4) is 0 Å². The Kier molecular flexibility index (Phi) is 5.08. The number of ketones is 1. The first-order valence-corrected chi connectivity index (χ1v) is 10.6. The summed E-state index contributed by atoms with van der Waals surface area (Å²) in [6.45, 7) is 1.91. The standard InChI is InChI=1S/C26H19F2NO5/c1-13-10-16-11-15(4-9-21(16)34-13)24(31)22-23(14-2-6-18(30)7-3-14)29(26(33)25(22)32)20-12-17(27)5-8-19(20)28/h2-9,11-13,23,30-31H,10H2,1H3/b24-22-. The monoisotopic (exact) mass is 463 g/mol. The second-order valence-electron chi connectivity index (χ2n) is 8.31. The molecule has 0 bridgehead atoms. The summed E-state index contributed by atoms with van der Waals surface area (Å²) in [5.74, 6) is -3.69. The molecule has 5 rings (SSSR count). The first-order chi connectivity index (χ1) is 16.2. The van der Waals surface area contributed by atoms with Crippen molar-refractivity contribution in [1.82, 2.24) is 0 Å². The van der Waals surface area contributed by atoms with Crippen molar-refractivity contribution in [2.45, 2.75) is 25.5 Å². The lowest BCUT2D eigenvalue weighted by atomic mass is 9.94. The van der Waals surface area contributed by atoms with E-state index in [2.05, 4.69) is 0 Å². The molecule has 0 radical (unpaired) electrons. The third kappa shape index (κ3) is 3.48. The Balaban J connectivity index is 1.71. The largest absolute Gasteiger partial charge is 0.508 e. The lowest BCUT2D eigenvalue weighted by molar-refractivity contribution is -0.132. The lowest BCUT2D eigenvalue weighted by Gasteiger charge is -2.26. The zero-order chi connectivity index (χ0) is 24.1. The predicted octanol–water partition coefficient (Wildman–Crippen LogP) is 4.62. The van der Waals surface area contributed by atoms with Gasteiger partial charge in [0.1, 0.15) is 35.0 Å². The average Bonchev–Trinajstić information content (AvgIpc) is 3.31. The van der Waals surface area contributed by atoms with Crippen LogP contribution in [0.15, 0.2) is 66.2 Å². The van der Waals surface area contributed by atoms with Gasteiger partial charge in [0.25, 0.3) is 11.7 Å². The zero-order valence-corrected chi connectivity index (χ0v) is 18.0. The summed E-state index contributed by atoms with van der Waals surface area (Å²) >= 11 is 0. The number of rotatable bonds is 3. The van der Waals surface area contributed by atoms with Gasteiger partial charge in [0.05, 0.1) is 17.3 Å². The number of fused-ring (bicyclic) bond motifs is 1. The minimum atomic E-state index is -1.25. The number of Topliss-reactive ketones (excluding diaryl/α,β-unsaturated/α-hetero) is 1. The van der Waals surface area contributed by atoms with Crippen LogP contribution in [0.25, 0.3) is 5.76 Å². The van der Waals surface area contributed by atoms with Crippen molar-refractivity contribution >= 4 is 23.1 Å². The van der Waals surface area contributed by atoms with Crippen LogP contribution < -0.4 is 9.64 Å². The number of carbonyl (C=O) groups is 2. The quantitative estimate of drug-likeness (QED) is 0.336. The maximum Gasteiger partial charge on any atom is 0.300 e. The van der Waals surface area contributed by atoms with Crippen LogP contribution in [-0.2, 0) is 16.0 Å². The lowest BCUT2D eigenvalue weighted by Crippen LogP contribution is -2.30. The number of carbonyl (C=O) groups excluding carboxylic acids is 2. The van der Waals surface area contributed by atoms with Gasteiger partial charge in [-0.25, -0.2) is 8.78 Å². The van der Waals surface area contributed by atoms with Gasteiger partial charge < -0.3 is 14.9 Å². The number of halogens is 2. The fourth-order valence-electron chi connectivity index (χ4n) is 4.45. The van der Waals surface area contributed by atoms with Crippen LogP contribution in [0.1, 0.15) is 29.7 Å². The average molecular weight is 463 g/mol. The van der Waals surface area contributed by atoms with E-state index in [0.717, 1.165) is 28.7 Å². The molecule has 1 amide bonds. The molecule has 6 nitrogen and oxygen atoms in total. The van der Waals surface area contributed by atoms with Crippen molar-refractivity contribution < 1.29 is 33.3 Å². The van der Waals surface area contributed by atoms with Gasteiger partial charge in [0.15, 0.2) is 0 Å². The zero-order valence-electron chi connectivity index (χ0n) is 18.0. The molecule has 2 atom stereocenters. The van der Waals surface area contributed by atoms with Crippen molar-refractivity contribution in [3.63, 3.8) is 0 Å². The molecule has 1 saturated heterocycles. The summed E-state index contributed by atoms with van der Waals surface area (Å²) in [6, 6.07) is 11.8. The highest BCUT2D eigenvalue weighted by molar-refractivity contribution is 6.51. The van der Waals surface area contributed by atoms with Crippen molar-refractivity contribution in [2.75, 3.05) is 4.90 Å². The molecule has 2 N–H and O–H groups in total. The second kappa shape index (κ2) is 7.98. The van der Waals surface area contributed by atoms with Crippen molar-refractivity contribution in [2.24, 2.45) is 0 Å². The molecule has 2 aliphatic heterocycles. The first-order valence-electron chi connectivity index (χ1n) is 10.6. The topological polar surface area (TPSA) is 87.1 Å². The van der Waals surface area contributed by atoms with Gasteiger partial charge >= 0.3 is 0 Å². The van der Waals surface area contributed by atoms with Gasteiger partial charge in [0.2, 0.25) is 0 Å². The van der Waals surface area contributed by atoms with Crippen LogP contribution in [0.5, 0.6) is 11.5 Å². The minimum Gasteiger partial charge on any atom is -0.508 e. The van der Waals surface area contributed by atoms with Crippen molar-refractivity contribution in [1.29, 1.82) is 0 Å². The molecule has 172 valence electrons. The van der Waals surface area contributed by atoms with Crippen LogP contribution in [0, 0.1) is 11.6 Å². The van der Waals surface area contributed by atoms with E-state index in [0.29, 0.717) is 17.7 Å². The van der Waals surface area contributed by atoms with Crippen LogP contribution in [0.2, 0.25) is 0 Å². The molecule has 3 aromatic rings. The molecule has 8 heteroatoms. The number of phenolic OH excluding ortho intramolecular Hbond substituents is 1. The van der Waals surface area contributed by atoms with E-state index >= 15 is 0 Å². The SMILES string of the molecule is CC1Cc2cc(/C(O)=C3/C(=O)C(=O)N(c4cc(F)ccc4F)C3c3ccc(O)cc3)ccc2O1. The highest BCUT2D eigenvalue weighted by atomic mass is 19.1. The van der Waals surface area contributed by atoms with Crippen LogP contribution in [-0.4, -0.2) is 28.0 Å². The Morgan fingerprint density at radius 3 is 2.50 bits per heavy atom. The van der Waals surface area contributed by atoms with Crippen LogP contribution in [0.4, 0.5) is 14.5 Å². The number of anilines is 1. The van der Waals surface area contributed by atoms with Crippen LogP contribution >= 0.6 is 0 Å². The van der Waals surface area contributed by atoms with Crippen molar-refractivity contribution in [3.8, 4) is 11.5 Å². The molecule has 0 spiro atoms. The third-order valence-electron chi connectivity index (χ3n) is 5.99. The molecule has 34 heavy (non-hydrogen) atoms. The fraction of sp³-hybridized carbons (Fsp3) is 0.154. The maximum absolute atomic E-state index is 14.7. The molecule has 2 unspecified atom stereocenters. The number of hydrogen-bond donors (Lipinski definition) is 2. The summed E-state index contributed by atoms with van der Waals surface area (Å²) in [7, 11) is 0. The Hall–Kier alpha value is -4.20. The van der Waals surface area contributed by atoms with Gasteiger partial charge in [-0.3, -0.25) is 14.5 Å². The van der Waals surface area contributed by atoms with Gasteiger partial charge in [-0.15, -0.1) is 0 Å². The molecule has 1 fully saturated rings. The van der Waals surface area contributed by atoms with E-state index in [1.54, 1.807) is 18.2 Å². The molecular formula is C26H19F2NO5. The molecular weight excluding hydrogens is 444 g/mol. The molecule has 0 aliphatic carbocycles. The summed E-state index contributed by atoms with van der Waals surface area (Å²) in [5.41, 5.74) is 0.739. The number of benzene rings is 3. The molecule has 0 aromatic heterocycles. The van der Waals surface area contributed by atoms with Crippen molar-refractivity contribution in [3.05, 3.63) is 94.6 Å². The number of nitrogens with zero attached hydrogens (tertiary/aromatic N) is 1. The Bertz CT molecular complexity index is 1370. The Labute approximate surface area is 193 Å². The summed E-state index contributed by atoms with van der Waals surface area (Å²) < 4.78 is 34.4. The van der Waals surface area contributed by atoms with E-state index in [9.17, 15) is 28.6 Å². The Morgan fingerprint density at radius 2 is 1.76 bits per heavy atom. The van der Waals surface area contributed by atoms with E-state index < -0.39 is 40.8 Å². The molecule has 0 saturated carbocycles. The number of aliphatic hydroxyl groups is 1. The number of aromatic hydroxyl groups is 1. The number of amides is 1. The minimum absolute atomic E-state index is 0.0362. The molecule has 2 aliphatic rings. The predicted molar refractivity (Wildman–Crippen MR) is 119 cm³/mol. The summed E-state index contributed by atoms with van der Waals surface area (Å²) in [5, 5.41) is 20.9. The number of phenols is 1. The molecule has 2 heterocycles. The smallest absolute Gasteiger partial charge is 0.300 e. The molecule has 3 aromatic carbocycles. The number of ether oxygens (including phenoxy) is 1. The second-order valence-corrected chi connectivity index (χ2v) is 8.31. The normalized spacial score (nSPS) is 21.0. The van der Waals surface area contributed by atoms with Gasteiger partial charge in [0, 0.05) is 18.1 Å². The summed E-state index contributed by atoms with van der Waals surface area (Å²) in [6.07, 6.45) is 0.576. The highest BCUT2D eigenvalue weighted by Gasteiger charge is 2.48. The van der Waals surface area contributed by atoms with E-state index in [1.165, 1.54) is 24.3 Å². The van der Waals surface area contributed by atoms with Gasteiger partial charge in [-0.2, -0.15) is 0 Å². The van der Waals surface area contributed by atoms with Gasteiger partial charge in [-0.1, -0.05) is 12.1 Å². The van der Waals surface area contributed by atoms with Gasteiger partial charge in [-0.05, 0) is 60.5 Å². The van der Waals surface area contributed by atoms with E-state index in [4.69, 9.17) is 4.74 Å².